The number of ketones is 2. The molecule has 7 atom stereocenters. The molecule has 4 fully saturated rings. The number of oxime groups is 1. The molecule has 5 nitrogen and oxygen atoms in total. The van der Waals surface area contributed by atoms with Gasteiger partial charge in [0.1, 0.15) is 11.6 Å². The van der Waals surface area contributed by atoms with Crippen LogP contribution in [-0.2, 0) is 9.59 Å². The van der Waals surface area contributed by atoms with E-state index in [4.69, 9.17) is 5.21 Å². The van der Waals surface area contributed by atoms with Gasteiger partial charge in [-0.05, 0) is 61.2 Å². The van der Waals surface area contributed by atoms with Crippen molar-refractivity contribution >= 4 is 17.8 Å². The van der Waals surface area contributed by atoms with Crippen LogP contribution in [-0.4, -0.2) is 34.2 Å². The van der Waals surface area contributed by atoms with Crippen LogP contribution in [0.15, 0.2) is 5.16 Å². The van der Waals surface area contributed by atoms with Gasteiger partial charge >= 0.3 is 0 Å². The summed E-state index contributed by atoms with van der Waals surface area (Å²) in [5.41, 5.74) is -0.587. The molecule has 5 heteroatoms. The first-order valence-electron chi connectivity index (χ1n) is 9.34. The minimum Gasteiger partial charge on any atom is -0.411 e. The number of fused-ring (bicyclic) bond motifs is 5. The molecule has 4 rings (SSSR count). The first-order chi connectivity index (χ1) is 11.4. The third kappa shape index (κ3) is 2.00. The highest BCUT2D eigenvalue weighted by atomic mass is 16.4. The van der Waals surface area contributed by atoms with Crippen molar-refractivity contribution in [2.75, 3.05) is 0 Å². The zero-order valence-corrected chi connectivity index (χ0v) is 14.3. The van der Waals surface area contributed by atoms with Gasteiger partial charge in [0.15, 0.2) is 0 Å². The van der Waals surface area contributed by atoms with Crippen molar-refractivity contribution in [3.8, 4) is 0 Å². The molecule has 4 aliphatic carbocycles. The molecule has 0 spiro atoms. The molecule has 1 unspecified atom stereocenters. The fraction of sp³-hybridized carbons (Fsp3) is 0.842. The molecular weight excluding hydrogens is 306 g/mol. The van der Waals surface area contributed by atoms with E-state index in [1.54, 1.807) is 0 Å². The summed E-state index contributed by atoms with van der Waals surface area (Å²) < 4.78 is 0. The third-order valence-electron chi connectivity index (χ3n) is 8.12. The van der Waals surface area contributed by atoms with Crippen LogP contribution in [0.4, 0.5) is 0 Å². The van der Waals surface area contributed by atoms with E-state index >= 15 is 0 Å². The van der Waals surface area contributed by atoms with Crippen molar-refractivity contribution in [1.29, 1.82) is 0 Å². The van der Waals surface area contributed by atoms with Crippen molar-refractivity contribution < 1.29 is 19.9 Å². The van der Waals surface area contributed by atoms with Crippen LogP contribution in [0, 0.1) is 34.5 Å². The van der Waals surface area contributed by atoms with Gasteiger partial charge in [-0.1, -0.05) is 6.92 Å². The molecule has 0 amide bonds. The first-order valence-corrected chi connectivity index (χ1v) is 9.34. The Kier molecular flexibility index (Phi) is 3.64. The summed E-state index contributed by atoms with van der Waals surface area (Å²) in [6.45, 7) is 2.30. The molecule has 2 N–H and O–H groups in total. The average molecular weight is 333 g/mol. The lowest BCUT2D eigenvalue weighted by atomic mass is 9.44. The standard InChI is InChI=1S/C19H27NO4/c1-18-6-4-12(21)8-11(18)9-15(22)17-13(18)5-7-19(10-20-24)14(17)2-3-16(19)23/h10-11,13-15,17,22,24H,2-9H2,1H3/t11?,13-,14-,15+,17+,18-,19+/m0/s1. The van der Waals surface area contributed by atoms with E-state index in [-0.39, 0.29) is 29.0 Å². The molecule has 0 saturated heterocycles. The quantitative estimate of drug-likeness (QED) is 0.439. The molecule has 0 aliphatic heterocycles. The van der Waals surface area contributed by atoms with Gasteiger partial charge in [-0.2, -0.15) is 0 Å². The molecule has 24 heavy (non-hydrogen) atoms. The van der Waals surface area contributed by atoms with Gasteiger partial charge in [0.2, 0.25) is 0 Å². The molecule has 4 saturated carbocycles. The number of aliphatic hydroxyl groups excluding tert-OH is 1. The predicted molar refractivity (Wildman–Crippen MR) is 87.7 cm³/mol. The van der Waals surface area contributed by atoms with Gasteiger partial charge in [0.25, 0.3) is 0 Å². The van der Waals surface area contributed by atoms with Crippen molar-refractivity contribution in [2.24, 2.45) is 39.7 Å². The number of carbonyl (C=O) groups is 2. The lowest BCUT2D eigenvalue weighted by Crippen LogP contribution is -2.59. The van der Waals surface area contributed by atoms with E-state index in [0.29, 0.717) is 43.8 Å². The number of hydrogen-bond donors (Lipinski definition) is 2. The predicted octanol–water partition coefficient (Wildman–Crippen LogP) is 2.58. The van der Waals surface area contributed by atoms with Gasteiger partial charge in [-0.3, -0.25) is 9.59 Å². The summed E-state index contributed by atoms with van der Waals surface area (Å²) in [6.07, 6.45) is 6.71. The Morgan fingerprint density at radius 1 is 1.17 bits per heavy atom. The minimum absolute atomic E-state index is 0.0741. The van der Waals surface area contributed by atoms with Gasteiger partial charge in [0, 0.05) is 19.3 Å². The topological polar surface area (TPSA) is 87.0 Å². The van der Waals surface area contributed by atoms with Gasteiger partial charge < -0.3 is 10.3 Å². The maximum Gasteiger partial charge on any atom is 0.144 e. The van der Waals surface area contributed by atoms with E-state index < -0.39 is 11.5 Å². The monoisotopic (exact) mass is 333 g/mol. The summed E-state index contributed by atoms with van der Waals surface area (Å²) in [4.78, 5) is 24.5. The van der Waals surface area contributed by atoms with Crippen molar-refractivity contribution in [2.45, 2.75) is 64.4 Å². The van der Waals surface area contributed by atoms with Crippen LogP contribution >= 0.6 is 0 Å². The largest absolute Gasteiger partial charge is 0.411 e. The van der Waals surface area contributed by atoms with Crippen molar-refractivity contribution in [3.63, 3.8) is 0 Å². The summed E-state index contributed by atoms with van der Waals surface area (Å²) in [7, 11) is 0. The second kappa shape index (κ2) is 5.38. The summed E-state index contributed by atoms with van der Waals surface area (Å²) in [5, 5.41) is 23.3. The third-order valence-corrected chi connectivity index (χ3v) is 8.12. The maximum atomic E-state index is 12.6. The summed E-state index contributed by atoms with van der Waals surface area (Å²) in [6, 6.07) is 0. The van der Waals surface area contributed by atoms with Gasteiger partial charge in [-0.15, -0.1) is 5.16 Å². The second-order valence-electron chi connectivity index (χ2n) is 8.82. The van der Waals surface area contributed by atoms with E-state index in [1.807, 2.05) is 0 Å². The number of hydrogen-bond acceptors (Lipinski definition) is 5. The smallest absolute Gasteiger partial charge is 0.144 e. The Morgan fingerprint density at radius 3 is 2.71 bits per heavy atom. The number of carbonyl (C=O) groups excluding carboxylic acids is 2. The van der Waals surface area contributed by atoms with Crippen molar-refractivity contribution in [3.05, 3.63) is 0 Å². The lowest BCUT2D eigenvalue weighted by Gasteiger charge is -2.60. The van der Waals surface area contributed by atoms with E-state index in [2.05, 4.69) is 12.1 Å². The van der Waals surface area contributed by atoms with Crippen LogP contribution in [0.5, 0.6) is 0 Å². The van der Waals surface area contributed by atoms with Crippen LogP contribution < -0.4 is 0 Å². The second-order valence-corrected chi connectivity index (χ2v) is 8.82. The average Bonchev–Trinajstić information content (AvgIpc) is 2.87. The number of aliphatic hydroxyl groups is 1. The first kappa shape index (κ1) is 16.2. The SMILES string of the molecule is C[C@]12CCC(=O)CC1C[C@@H](O)[C@@H]1[C@@H]2CC[C@]2(C=NO)C(=O)CC[C@@H]12. The molecule has 132 valence electrons. The fourth-order valence-corrected chi connectivity index (χ4v) is 6.86. The highest BCUT2D eigenvalue weighted by Crippen LogP contribution is 2.64. The molecule has 0 radical (unpaired) electrons. The Labute approximate surface area is 142 Å². The Bertz CT molecular complexity index is 602. The molecule has 0 aromatic carbocycles. The van der Waals surface area contributed by atoms with E-state index in [1.165, 1.54) is 6.21 Å². The Hall–Kier alpha value is -1.23. The van der Waals surface area contributed by atoms with E-state index in [0.717, 1.165) is 19.3 Å². The van der Waals surface area contributed by atoms with Gasteiger partial charge in [-0.25, -0.2) is 0 Å². The zero-order chi connectivity index (χ0) is 17.1. The Balaban J connectivity index is 1.72. The molecule has 0 heterocycles. The number of nitrogens with zero attached hydrogens (tertiary/aromatic N) is 1. The maximum absolute atomic E-state index is 12.6. The van der Waals surface area contributed by atoms with Crippen LogP contribution in [0.2, 0.25) is 0 Å². The van der Waals surface area contributed by atoms with Gasteiger partial charge in [0.05, 0.1) is 17.7 Å². The van der Waals surface area contributed by atoms with Crippen LogP contribution in [0.1, 0.15) is 58.3 Å². The molecule has 0 bridgehead atoms. The lowest BCUT2D eigenvalue weighted by molar-refractivity contribution is -0.161. The molecular formula is C19H27NO4. The van der Waals surface area contributed by atoms with Crippen LogP contribution in [0.3, 0.4) is 0 Å². The highest BCUT2D eigenvalue weighted by molar-refractivity contribution is 6.02. The fourth-order valence-electron chi connectivity index (χ4n) is 6.86. The summed E-state index contributed by atoms with van der Waals surface area (Å²) >= 11 is 0. The Morgan fingerprint density at radius 2 is 1.96 bits per heavy atom. The molecule has 0 aromatic rings. The zero-order valence-electron chi connectivity index (χ0n) is 14.3. The summed E-state index contributed by atoms with van der Waals surface area (Å²) in [5.74, 6) is 1.28. The minimum atomic E-state index is -0.676. The van der Waals surface area contributed by atoms with E-state index in [9.17, 15) is 14.7 Å². The van der Waals surface area contributed by atoms with Crippen LogP contribution in [0.25, 0.3) is 0 Å². The normalized spacial score (nSPS) is 51.3. The van der Waals surface area contributed by atoms with Crippen molar-refractivity contribution in [1.82, 2.24) is 0 Å². The number of rotatable bonds is 1. The number of Topliss-reactive ketones (excluding diaryl/α,β-unsaturated/α-hetero) is 2. The highest BCUT2D eigenvalue weighted by Gasteiger charge is 2.63. The molecule has 4 aliphatic rings. The molecule has 0 aromatic heterocycles.